The number of ether oxygens (including phenoxy) is 1. The molecule has 4 aromatic carbocycles. The number of nitrogens with zero attached hydrogens (tertiary/aromatic N) is 1. The minimum atomic E-state index is -0.389. The second kappa shape index (κ2) is 9.43. The second-order valence-electron chi connectivity index (χ2n) is 9.80. The Labute approximate surface area is 212 Å². The zero-order chi connectivity index (χ0) is 25.3. The molecule has 0 fully saturated rings. The van der Waals surface area contributed by atoms with Gasteiger partial charge in [0.2, 0.25) is 0 Å². The molecule has 3 nitrogen and oxygen atoms in total. The Hall–Kier alpha value is -4.24. The fraction of sp³-hybridized carbons (Fsp3) is 0.152. The number of pyridine rings is 1. The largest absolute Gasteiger partial charge is 0.423 e. The van der Waals surface area contributed by atoms with Crippen LogP contribution >= 0.6 is 0 Å². The van der Waals surface area contributed by atoms with Crippen LogP contribution in [0.2, 0.25) is 0 Å². The zero-order valence-electron chi connectivity index (χ0n) is 21.1. The van der Waals surface area contributed by atoms with Crippen LogP contribution in [0.3, 0.4) is 0 Å². The number of rotatable bonds is 5. The van der Waals surface area contributed by atoms with Gasteiger partial charge < -0.3 is 4.74 Å². The van der Waals surface area contributed by atoms with Gasteiger partial charge in [-0.05, 0) is 54.8 Å². The van der Waals surface area contributed by atoms with Crippen molar-refractivity contribution in [2.75, 3.05) is 0 Å². The van der Waals surface area contributed by atoms with Gasteiger partial charge in [-0.25, -0.2) is 9.78 Å². The summed E-state index contributed by atoms with van der Waals surface area (Å²) in [6, 6.07) is 34.1. The molecule has 36 heavy (non-hydrogen) atoms. The summed E-state index contributed by atoms with van der Waals surface area (Å²) < 4.78 is 5.89. The molecule has 0 saturated carbocycles. The highest BCUT2D eigenvalue weighted by molar-refractivity contribution is 6.06. The van der Waals surface area contributed by atoms with Crippen molar-refractivity contribution in [3.05, 3.63) is 131 Å². The standard InChI is InChI=1S/C33H29NO2/c1-22-19-23(2)31-28(20-22)29(21-30(34-31)24-11-7-5-8-12-24)32(35)36-27-17-15-26(16-18-27)33(3,4)25-13-9-6-10-14-25/h5-21H,1-4H3. The fourth-order valence-corrected chi connectivity index (χ4v) is 4.73. The third kappa shape index (κ3) is 4.52. The van der Waals surface area contributed by atoms with Crippen LogP contribution in [0.5, 0.6) is 5.75 Å². The molecule has 0 amide bonds. The summed E-state index contributed by atoms with van der Waals surface area (Å²) in [4.78, 5) is 18.4. The summed E-state index contributed by atoms with van der Waals surface area (Å²) in [6.45, 7) is 8.45. The molecule has 0 aliphatic rings. The lowest BCUT2D eigenvalue weighted by molar-refractivity contribution is 0.0737. The Morgan fingerprint density at radius 1 is 0.750 bits per heavy atom. The number of esters is 1. The topological polar surface area (TPSA) is 39.2 Å². The van der Waals surface area contributed by atoms with Crippen molar-refractivity contribution in [2.45, 2.75) is 33.1 Å². The predicted octanol–water partition coefficient (Wildman–Crippen LogP) is 8.06. The van der Waals surface area contributed by atoms with Crippen LogP contribution in [0.15, 0.2) is 103 Å². The van der Waals surface area contributed by atoms with Crippen molar-refractivity contribution in [1.29, 1.82) is 0 Å². The van der Waals surface area contributed by atoms with Crippen LogP contribution in [-0.4, -0.2) is 11.0 Å². The SMILES string of the molecule is Cc1cc(C)c2nc(-c3ccccc3)cc(C(=O)Oc3ccc(C(C)(C)c4ccccc4)cc3)c2c1. The fourth-order valence-electron chi connectivity index (χ4n) is 4.73. The highest BCUT2D eigenvalue weighted by Gasteiger charge is 2.23. The van der Waals surface area contributed by atoms with Crippen molar-refractivity contribution < 1.29 is 9.53 Å². The molecule has 0 radical (unpaired) electrons. The number of hydrogen-bond acceptors (Lipinski definition) is 3. The molecule has 0 spiro atoms. The Morgan fingerprint density at radius 2 is 1.36 bits per heavy atom. The van der Waals surface area contributed by atoms with E-state index in [1.54, 1.807) is 0 Å². The van der Waals surface area contributed by atoms with Crippen LogP contribution in [-0.2, 0) is 5.41 Å². The molecule has 0 aliphatic heterocycles. The average Bonchev–Trinajstić information content (AvgIpc) is 2.89. The van der Waals surface area contributed by atoms with E-state index in [1.165, 1.54) is 5.56 Å². The minimum Gasteiger partial charge on any atom is -0.423 e. The molecule has 0 atom stereocenters. The Balaban J connectivity index is 1.50. The first-order valence-electron chi connectivity index (χ1n) is 12.2. The van der Waals surface area contributed by atoms with Crippen molar-refractivity contribution in [3.8, 4) is 17.0 Å². The molecular formula is C33H29NO2. The number of aryl methyl sites for hydroxylation is 2. The van der Waals surface area contributed by atoms with Crippen molar-refractivity contribution in [3.63, 3.8) is 0 Å². The number of fused-ring (bicyclic) bond motifs is 1. The summed E-state index contributed by atoms with van der Waals surface area (Å²) in [7, 11) is 0. The first kappa shape index (κ1) is 23.5. The van der Waals surface area contributed by atoms with Crippen molar-refractivity contribution in [2.24, 2.45) is 0 Å². The van der Waals surface area contributed by atoms with Crippen LogP contribution in [0.1, 0.15) is 46.5 Å². The highest BCUT2D eigenvalue weighted by Crippen LogP contribution is 2.33. The molecule has 178 valence electrons. The molecular weight excluding hydrogens is 442 g/mol. The van der Waals surface area contributed by atoms with E-state index in [0.717, 1.165) is 38.9 Å². The monoisotopic (exact) mass is 471 g/mol. The number of carbonyl (C=O) groups is 1. The van der Waals surface area contributed by atoms with Crippen molar-refractivity contribution >= 4 is 16.9 Å². The van der Waals surface area contributed by atoms with E-state index in [-0.39, 0.29) is 11.4 Å². The third-order valence-corrected chi connectivity index (χ3v) is 6.82. The lowest BCUT2D eigenvalue weighted by Crippen LogP contribution is -2.18. The van der Waals surface area contributed by atoms with Gasteiger partial charge in [-0.15, -0.1) is 0 Å². The number of carbonyl (C=O) groups excluding carboxylic acids is 1. The predicted molar refractivity (Wildman–Crippen MR) is 147 cm³/mol. The van der Waals surface area contributed by atoms with Gasteiger partial charge in [0.15, 0.2) is 0 Å². The van der Waals surface area contributed by atoms with Crippen LogP contribution < -0.4 is 4.74 Å². The lowest BCUT2D eigenvalue weighted by atomic mass is 9.78. The minimum absolute atomic E-state index is 0.162. The molecule has 0 saturated heterocycles. The molecule has 0 bridgehead atoms. The number of aromatic nitrogens is 1. The van der Waals surface area contributed by atoms with Crippen molar-refractivity contribution in [1.82, 2.24) is 4.98 Å². The van der Waals surface area contributed by atoms with E-state index in [4.69, 9.17) is 9.72 Å². The maximum absolute atomic E-state index is 13.5. The molecule has 5 aromatic rings. The third-order valence-electron chi connectivity index (χ3n) is 6.82. The zero-order valence-corrected chi connectivity index (χ0v) is 21.1. The van der Waals surface area contributed by atoms with Crippen LogP contribution in [0.4, 0.5) is 0 Å². The van der Waals surface area contributed by atoms with E-state index in [2.05, 4.69) is 44.2 Å². The van der Waals surface area contributed by atoms with Gasteiger partial charge in [-0.2, -0.15) is 0 Å². The van der Waals surface area contributed by atoms with Crippen LogP contribution in [0, 0.1) is 13.8 Å². The first-order chi connectivity index (χ1) is 17.3. The van der Waals surface area contributed by atoms with Crippen LogP contribution in [0.25, 0.3) is 22.2 Å². The summed E-state index contributed by atoms with van der Waals surface area (Å²) in [5.41, 5.74) is 7.37. The molecule has 0 N–H and O–H groups in total. The van der Waals surface area contributed by atoms with Gasteiger partial charge >= 0.3 is 5.97 Å². The summed E-state index contributed by atoms with van der Waals surface area (Å²) in [5.74, 6) is 0.128. The van der Waals surface area contributed by atoms with Gasteiger partial charge in [-0.1, -0.05) is 98.3 Å². The number of benzene rings is 4. The van der Waals surface area contributed by atoms with E-state index in [1.807, 2.05) is 86.6 Å². The first-order valence-corrected chi connectivity index (χ1v) is 12.2. The molecule has 5 rings (SSSR count). The Morgan fingerprint density at radius 3 is 2.03 bits per heavy atom. The van der Waals surface area contributed by atoms with Gasteiger partial charge in [0.05, 0.1) is 16.8 Å². The normalized spacial score (nSPS) is 11.4. The Bertz CT molecular complexity index is 1540. The summed E-state index contributed by atoms with van der Waals surface area (Å²) in [5, 5.41) is 0.805. The van der Waals surface area contributed by atoms with Gasteiger partial charge in [-0.3, -0.25) is 0 Å². The highest BCUT2D eigenvalue weighted by atomic mass is 16.5. The molecule has 1 aromatic heterocycles. The maximum atomic E-state index is 13.5. The average molecular weight is 472 g/mol. The lowest BCUT2D eigenvalue weighted by Gasteiger charge is -2.26. The second-order valence-corrected chi connectivity index (χ2v) is 9.80. The Kier molecular flexibility index (Phi) is 6.15. The molecule has 1 heterocycles. The number of hydrogen-bond donors (Lipinski definition) is 0. The molecule has 0 aliphatic carbocycles. The quantitative estimate of drug-likeness (QED) is 0.192. The van der Waals surface area contributed by atoms with Gasteiger partial charge in [0, 0.05) is 16.4 Å². The maximum Gasteiger partial charge on any atom is 0.344 e. The van der Waals surface area contributed by atoms with Gasteiger partial charge in [0.1, 0.15) is 5.75 Å². The van der Waals surface area contributed by atoms with Gasteiger partial charge in [0.25, 0.3) is 0 Å². The molecule has 0 unspecified atom stereocenters. The smallest absolute Gasteiger partial charge is 0.344 e. The molecule has 3 heteroatoms. The van der Waals surface area contributed by atoms with E-state index in [9.17, 15) is 4.79 Å². The summed E-state index contributed by atoms with van der Waals surface area (Å²) in [6.07, 6.45) is 0. The van der Waals surface area contributed by atoms with E-state index in [0.29, 0.717) is 11.3 Å². The van der Waals surface area contributed by atoms with E-state index < -0.39 is 0 Å². The summed E-state index contributed by atoms with van der Waals surface area (Å²) >= 11 is 0. The van der Waals surface area contributed by atoms with E-state index >= 15 is 0 Å².